The molecule has 0 saturated carbocycles. The van der Waals surface area contributed by atoms with Crippen LogP contribution in [0.15, 0.2) is 41.4 Å². The lowest BCUT2D eigenvalue weighted by atomic mass is 10.2. The van der Waals surface area contributed by atoms with Crippen LogP contribution in [-0.4, -0.2) is 29.8 Å². The zero-order valence-corrected chi connectivity index (χ0v) is 16.7. The molecule has 25 heavy (non-hydrogen) atoms. The number of hydrogen-bond acceptors (Lipinski definition) is 4. The van der Waals surface area contributed by atoms with Crippen molar-refractivity contribution >= 4 is 33.1 Å². The van der Waals surface area contributed by atoms with Crippen molar-refractivity contribution in [2.24, 2.45) is 0 Å². The molecule has 1 aromatic carbocycles. The van der Waals surface area contributed by atoms with Gasteiger partial charge in [-0.15, -0.1) is 0 Å². The molecule has 7 heteroatoms. The molecule has 0 aliphatic carbocycles. The topological polar surface area (TPSA) is 62.3 Å². The van der Waals surface area contributed by atoms with E-state index in [1.165, 1.54) is 10.5 Å². The Kier molecular flexibility index (Phi) is 6.08. The van der Waals surface area contributed by atoms with Crippen LogP contribution < -0.4 is 5.32 Å². The molecule has 2 aromatic rings. The summed E-state index contributed by atoms with van der Waals surface area (Å²) < 4.78 is 27.1. The largest absolute Gasteiger partial charge is 0.340 e. The summed E-state index contributed by atoms with van der Waals surface area (Å²) in [6.07, 6.45) is 1.38. The van der Waals surface area contributed by atoms with Gasteiger partial charge in [0.15, 0.2) is 0 Å². The molecule has 0 atom stereocenters. The number of nitrogens with one attached hydrogen (secondary N) is 1. The molecule has 0 spiro atoms. The second kappa shape index (κ2) is 7.72. The quantitative estimate of drug-likeness (QED) is 0.794. The van der Waals surface area contributed by atoms with E-state index in [2.05, 4.69) is 10.3 Å². The van der Waals surface area contributed by atoms with Crippen LogP contribution in [0.4, 0.5) is 11.5 Å². The highest BCUT2D eigenvalue weighted by molar-refractivity contribution is 7.89. The van der Waals surface area contributed by atoms with E-state index in [-0.39, 0.29) is 17.0 Å². The van der Waals surface area contributed by atoms with Gasteiger partial charge in [0, 0.05) is 29.0 Å². The van der Waals surface area contributed by atoms with Gasteiger partial charge in [-0.3, -0.25) is 0 Å². The van der Waals surface area contributed by atoms with E-state index in [4.69, 9.17) is 11.6 Å². The zero-order valence-electron chi connectivity index (χ0n) is 15.1. The SMILES string of the molecule is Cc1ccc(Cl)cc1Nc1ccc(S(=O)(=O)N(C(C)C)C(C)C)cn1. The first-order chi connectivity index (χ1) is 11.6. The minimum atomic E-state index is -3.58. The average molecular weight is 382 g/mol. The third kappa shape index (κ3) is 4.51. The maximum atomic E-state index is 12.8. The van der Waals surface area contributed by atoms with Gasteiger partial charge in [-0.05, 0) is 64.4 Å². The first-order valence-electron chi connectivity index (χ1n) is 8.15. The number of halogens is 1. The smallest absolute Gasteiger partial charge is 0.245 e. The minimum absolute atomic E-state index is 0.128. The van der Waals surface area contributed by atoms with Crippen molar-refractivity contribution in [1.82, 2.24) is 9.29 Å². The number of anilines is 2. The van der Waals surface area contributed by atoms with Crippen molar-refractivity contribution in [2.45, 2.75) is 51.6 Å². The highest BCUT2D eigenvalue weighted by Gasteiger charge is 2.29. The molecule has 0 bridgehead atoms. The van der Waals surface area contributed by atoms with Crippen LogP contribution >= 0.6 is 11.6 Å². The van der Waals surface area contributed by atoms with E-state index in [1.807, 2.05) is 52.8 Å². The zero-order chi connectivity index (χ0) is 18.8. The number of pyridine rings is 1. The molecule has 0 radical (unpaired) electrons. The van der Waals surface area contributed by atoms with Gasteiger partial charge in [-0.1, -0.05) is 17.7 Å². The van der Waals surface area contributed by atoms with Crippen molar-refractivity contribution in [3.05, 3.63) is 47.1 Å². The molecule has 0 unspecified atom stereocenters. The Labute approximate surface area is 155 Å². The molecule has 0 saturated heterocycles. The Morgan fingerprint density at radius 3 is 2.24 bits per heavy atom. The fourth-order valence-corrected chi connectivity index (χ4v) is 4.70. The van der Waals surface area contributed by atoms with E-state index in [0.717, 1.165) is 11.3 Å². The molecule has 0 aliphatic heterocycles. The van der Waals surface area contributed by atoms with Crippen molar-refractivity contribution in [2.75, 3.05) is 5.32 Å². The van der Waals surface area contributed by atoms with Crippen LogP contribution in [0.25, 0.3) is 0 Å². The Balaban J connectivity index is 2.29. The number of aryl methyl sites for hydroxylation is 1. The second-order valence-corrected chi connectivity index (χ2v) is 8.77. The molecule has 1 aromatic heterocycles. The molecule has 2 rings (SSSR count). The van der Waals surface area contributed by atoms with Crippen molar-refractivity contribution in [3.63, 3.8) is 0 Å². The number of hydrogen-bond donors (Lipinski definition) is 1. The van der Waals surface area contributed by atoms with Crippen LogP contribution in [0.2, 0.25) is 5.02 Å². The summed E-state index contributed by atoms with van der Waals surface area (Å²) in [4.78, 5) is 4.44. The van der Waals surface area contributed by atoms with E-state index in [0.29, 0.717) is 10.8 Å². The molecule has 1 heterocycles. The van der Waals surface area contributed by atoms with Gasteiger partial charge < -0.3 is 5.32 Å². The van der Waals surface area contributed by atoms with Gasteiger partial charge in [-0.25, -0.2) is 13.4 Å². The van der Waals surface area contributed by atoms with Gasteiger partial charge in [0.25, 0.3) is 0 Å². The Morgan fingerprint density at radius 1 is 1.08 bits per heavy atom. The third-order valence-corrected chi connectivity index (χ3v) is 6.26. The number of rotatable bonds is 6. The minimum Gasteiger partial charge on any atom is -0.340 e. The fraction of sp³-hybridized carbons (Fsp3) is 0.389. The average Bonchev–Trinajstić information content (AvgIpc) is 2.50. The lowest BCUT2D eigenvalue weighted by Crippen LogP contribution is -2.41. The summed E-state index contributed by atoms with van der Waals surface area (Å²) in [6.45, 7) is 9.41. The Bertz CT molecular complexity index is 826. The highest BCUT2D eigenvalue weighted by Crippen LogP contribution is 2.25. The molecule has 0 aliphatic rings. The predicted octanol–water partition coefficient (Wildman–Crippen LogP) is 4.59. The summed E-state index contributed by atoms with van der Waals surface area (Å²) in [6, 6.07) is 8.51. The summed E-state index contributed by atoms with van der Waals surface area (Å²) in [5.74, 6) is 0.560. The standard InChI is InChI=1S/C18H24ClN3O2S/c1-12(2)22(13(3)4)25(23,24)16-8-9-18(20-11-16)21-17-10-15(19)7-6-14(17)5/h6-13H,1-5H3,(H,20,21). The van der Waals surface area contributed by atoms with Gasteiger partial charge in [-0.2, -0.15) is 4.31 Å². The monoisotopic (exact) mass is 381 g/mol. The predicted molar refractivity (Wildman–Crippen MR) is 103 cm³/mol. The van der Waals surface area contributed by atoms with E-state index < -0.39 is 10.0 Å². The molecule has 0 amide bonds. The summed E-state index contributed by atoms with van der Waals surface area (Å²) in [5, 5.41) is 3.78. The van der Waals surface area contributed by atoms with Crippen LogP contribution in [-0.2, 0) is 10.0 Å². The van der Waals surface area contributed by atoms with Gasteiger partial charge in [0.1, 0.15) is 10.7 Å². The first kappa shape index (κ1) is 19.7. The molecule has 1 N–H and O–H groups in total. The Morgan fingerprint density at radius 2 is 1.72 bits per heavy atom. The molecular formula is C18H24ClN3O2S. The number of aromatic nitrogens is 1. The summed E-state index contributed by atoms with van der Waals surface area (Å²) in [5.41, 5.74) is 1.86. The maximum absolute atomic E-state index is 12.8. The molecular weight excluding hydrogens is 358 g/mol. The van der Waals surface area contributed by atoms with Crippen molar-refractivity contribution in [1.29, 1.82) is 0 Å². The lowest BCUT2D eigenvalue weighted by Gasteiger charge is -2.29. The van der Waals surface area contributed by atoms with Crippen molar-refractivity contribution in [3.8, 4) is 0 Å². The van der Waals surface area contributed by atoms with E-state index in [9.17, 15) is 8.42 Å². The van der Waals surface area contributed by atoms with Crippen molar-refractivity contribution < 1.29 is 8.42 Å². The normalized spacial score (nSPS) is 12.2. The number of benzene rings is 1. The number of nitrogens with zero attached hydrogens (tertiary/aromatic N) is 2. The summed E-state index contributed by atoms with van der Waals surface area (Å²) in [7, 11) is -3.58. The maximum Gasteiger partial charge on any atom is 0.245 e. The van der Waals surface area contributed by atoms with E-state index in [1.54, 1.807) is 12.1 Å². The van der Waals surface area contributed by atoms with Crippen LogP contribution in [0.1, 0.15) is 33.3 Å². The van der Waals surface area contributed by atoms with Crippen LogP contribution in [0, 0.1) is 6.92 Å². The first-order valence-corrected chi connectivity index (χ1v) is 9.97. The molecule has 136 valence electrons. The van der Waals surface area contributed by atoms with Gasteiger partial charge in [0.2, 0.25) is 10.0 Å². The summed E-state index contributed by atoms with van der Waals surface area (Å²) >= 11 is 6.02. The highest BCUT2D eigenvalue weighted by atomic mass is 35.5. The van der Waals surface area contributed by atoms with Gasteiger partial charge in [0.05, 0.1) is 0 Å². The molecule has 5 nitrogen and oxygen atoms in total. The van der Waals surface area contributed by atoms with Gasteiger partial charge >= 0.3 is 0 Å². The van der Waals surface area contributed by atoms with Crippen LogP contribution in [0.3, 0.4) is 0 Å². The fourth-order valence-electron chi connectivity index (χ4n) is 2.75. The van der Waals surface area contributed by atoms with Crippen LogP contribution in [0.5, 0.6) is 0 Å². The van der Waals surface area contributed by atoms with E-state index >= 15 is 0 Å². The third-order valence-electron chi connectivity index (χ3n) is 3.79. The Hall–Kier alpha value is -1.63. The molecule has 0 fully saturated rings. The number of sulfonamides is 1. The second-order valence-electron chi connectivity index (χ2n) is 6.49. The lowest BCUT2D eigenvalue weighted by molar-refractivity contribution is 0.302.